The molecular formula is C24H26N2O3. The molecule has 0 fully saturated rings. The molecule has 0 saturated heterocycles. The summed E-state index contributed by atoms with van der Waals surface area (Å²) in [6, 6.07) is 16.5. The molecule has 29 heavy (non-hydrogen) atoms. The Labute approximate surface area is 171 Å². The highest BCUT2D eigenvalue weighted by atomic mass is 16.3. The van der Waals surface area contributed by atoms with Crippen molar-refractivity contribution in [1.82, 2.24) is 5.32 Å². The lowest BCUT2D eigenvalue weighted by molar-refractivity contribution is -0.117. The molecule has 2 aromatic rings. The topological polar surface area (TPSA) is 78.8 Å². The van der Waals surface area contributed by atoms with Crippen LogP contribution in [0.4, 0.5) is 5.69 Å². The van der Waals surface area contributed by atoms with Crippen LogP contribution in [-0.2, 0) is 4.79 Å². The first-order valence-electron chi connectivity index (χ1n) is 9.70. The molecule has 2 N–H and O–H groups in total. The molecule has 0 radical (unpaired) electrons. The lowest BCUT2D eigenvalue weighted by atomic mass is 9.77. The largest absolute Gasteiger partial charge is 0.511 e. The van der Waals surface area contributed by atoms with Crippen molar-refractivity contribution in [3.63, 3.8) is 0 Å². The molecule has 1 aliphatic carbocycles. The van der Waals surface area contributed by atoms with Crippen molar-refractivity contribution in [3.8, 4) is 0 Å². The van der Waals surface area contributed by atoms with Gasteiger partial charge in [-0.05, 0) is 42.2 Å². The van der Waals surface area contributed by atoms with Crippen molar-refractivity contribution >= 4 is 23.6 Å². The summed E-state index contributed by atoms with van der Waals surface area (Å²) in [4.78, 5) is 29.0. The van der Waals surface area contributed by atoms with E-state index in [0.717, 1.165) is 5.56 Å². The Bertz CT molecular complexity index is 957. The third kappa shape index (κ3) is 5.19. The number of aliphatic imine (C=N–C) groups is 1. The Hall–Kier alpha value is -3.21. The van der Waals surface area contributed by atoms with Gasteiger partial charge in [0.05, 0.1) is 17.3 Å². The summed E-state index contributed by atoms with van der Waals surface area (Å²) >= 11 is 0. The summed E-state index contributed by atoms with van der Waals surface area (Å²) in [6.07, 6.45) is 2.26. The van der Waals surface area contributed by atoms with Crippen molar-refractivity contribution < 1.29 is 14.7 Å². The minimum atomic E-state index is -0.232. The van der Waals surface area contributed by atoms with E-state index in [2.05, 4.69) is 10.3 Å². The monoisotopic (exact) mass is 390 g/mol. The third-order valence-electron chi connectivity index (χ3n) is 5.02. The van der Waals surface area contributed by atoms with Gasteiger partial charge in [-0.25, -0.2) is 0 Å². The van der Waals surface area contributed by atoms with Crippen molar-refractivity contribution in [2.24, 2.45) is 10.4 Å². The quantitative estimate of drug-likeness (QED) is 0.699. The SMILES string of the molecule is CC(NC(=O)c1ccc(N=CC2=C(O)CC(C)(C)CC2=O)cc1)c1ccccc1. The molecule has 3 rings (SSSR count). The molecule has 1 aliphatic rings. The first-order chi connectivity index (χ1) is 13.7. The van der Waals surface area contributed by atoms with Crippen LogP contribution in [0.15, 0.2) is 70.9 Å². The van der Waals surface area contributed by atoms with E-state index in [9.17, 15) is 14.7 Å². The van der Waals surface area contributed by atoms with Crippen LogP contribution in [0.2, 0.25) is 0 Å². The van der Waals surface area contributed by atoms with Crippen molar-refractivity contribution in [1.29, 1.82) is 0 Å². The normalized spacial score (nSPS) is 17.4. The number of nitrogens with one attached hydrogen (secondary N) is 1. The second-order valence-electron chi connectivity index (χ2n) is 8.21. The maximum Gasteiger partial charge on any atom is 0.251 e. The molecule has 0 spiro atoms. The van der Waals surface area contributed by atoms with Gasteiger partial charge in [0.15, 0.2) is 5.78 Å². The molecule has 5 nitrogen and oxygen atoms in total. The fourth-order valence-electron chi connectivity index (χ4n) is 3.39. The van der Waals surface area contributed by atoms with Gasteiger partial charge < -0.3 is 10.4 Å². The second-order valence-corrected chi connectivity index (χ2v) is 8.21. The number of nitrogens with zero attached hydrogens (tertiary/aromatic N) is 1. The summed E-state index contributed by atoms with van der Waals surface area (Å²) in [6.45, 7) is 5.85. The zero-order chi connectivity index (χ0) is 21.0. The maximum absolute atomic E-state index is 12.5. The number of allylic oxidation sites excluding steroid dienone is 2. The Morgan fingerprint density at radius 2 is 1.76 bits per heavy atom. The average Bonchev–Trinajstić information content (AvgIpc) is 2.67. The van der Waals surface area contributed by atoms with Gasteiger partial charge in [-0.15, -0.1) is 0 Å². The Morgan fingerprint density at radius 1 is 1.10 bits per heavy atom. The highest BCUT2D eigenvalue weighted by Crippen LogP contribution is 2.35. The fraction of sp³-hybridized carbons (Fsp3) is 0.292. The molecule has 5 heteroatoms. The molecule has 1 atom stereocenters. The lowest BCUT2D eigenvalue weighted by Crippen LogP contribution is -2.26. The number of aliphatic hydroxyl groups excluding tert-OH is 1. The van der Waals surface area contributed by atoms with E-state index in [1.54, 1.807) is 24.3 Å². The number of rotatable bonds is 5. The minimum absolute atomic E-state index is 0.0842. The smallest absolute Gasteiger partial charge is 0.251 e. The number of hydrogen-bond donors (Lipinski definition) is 2. The van der Waals surface area contributed by atoms with Gasteiger partial charge >= 0.3 is 0 Å². The number of hydrogen-bond acceptors (Lipinski definition) is 4. The zero-order valence-electron chi connectivity index (χ0n) is 17.0. The summed E-state index contributed by atoms with van der Waals surface area (Å²) in [5.74, 6) is -0.184. The van der Waals surface area contributed by atoms with Crippen LogP contribution in [0.25, 0.3) is 0 Å². The summed E-state index contributed by atoms with van der Waals surface area (Å²) in [7, 11) is 0. The number of ketones is 1. The number of aliphatic hydroxyl groups is 1. The van der Waals surface area contributed by atoms with Gasteiger partial charge in [-0.1, -0.05) is 44.2 Å². The van der Waals surface area contributed by atoms with Gasteiger partial charge in [-0.2, -0.15) is 0 Å². The fourth-order valence-corrected chi connectivity index (χ4v) is 3.39. The molecule has 0 aliphatic heterocycles. The number of carbonyl (C=O) groups excluding carboxylic acids is 2. The predicted octanol–water partition coefficient (Wildman–Crippen LogP) is 5.08. The van der Waals surface area contributed by atoms with Crippen LogP contribution >= 0.6 is 0 Å². The van der Waals surface area contributed by atoms with Crippen LogP contribution in [0.5, 0.6) is 0 Å². The Balaban J connectivity index is 1.66. The van der Waals surface area contributed by atoms with Crippen molar-refractivity contribution in [2.75, 3.05) is 0 Å². The first-order valence-corrected chi connectivity index (χ1v) is 9.70. The number of Topliss-reactive ketones (excluding diaryl/α,β-unsaturated/α-hetero) is 1. The Morgan fingerprint density at radius 3 is 2.38 bits per heavy atom. The van der Waals surface area contributed by atoms with Crippen molar-refractivity contribution in [3.05, 3.63) is 77.1 Å². The number of carbonyl (C=O) groups is 2. The molecule has 1 unspecified atom stereocenters. The van der Waals surface area contributed by atoms with E-state index in [0.29, 0.717) is 24.1 Å². The molecular weight excluding hydrogens is 364 g/mol. The van der Waals surface area contributed by atoms with Crippen LogP contribution in [0.1, 0.15) is 55.6 Å². The van der Waals surface area contributed by atoms with Crippen LogP contribution < -0.4 is 5.32 Å². The van der Waals surface area contributed by atoms with Gasteiger partial charge in [0.25, 0.3) is 5.91 Å². The minimum Gasteiger partial charge on any atom is -0.511 e. The molecule has 2 aromatic carbocycles. The van der Waals surface area contributed by atoms with E-state index < -0.39 is 0 Å². The van der Waals surface area contributed by atoms with Gasteiger partial charge in [0.2, 0.25) is 0 Å². The van der Waals surface area contributed by atoms with E-state index >= 15 is 0 Å². The summed E-state index contributed by atoms with van der Waals surface area (Å²) < 4.78 is 0. The second kappa shape index (κ2) is 8.43. The summed E-state index contributed by atoms with van der Waals surface area (Å²) in [5, 5.41) is 13.1. The molecule has 0 bridgehead atoms. The van der Waals surface area contributed by atoms with Gasteiger partial charge in [0.1, 0.15) is 5.76 Å². The molecule has 1 amide bonds. The van der Waals surface area contributed by atoms with E-state index in [1.165, 1.54) is 6.21 Å². The predicted molar refractivity (Wildman–Crippen MR) is 115 cm³/mol. The van der Waals surface area contributed by atoms with Crippen molar-refractivity contribution in [2.45, 2.75) is 39.7 Å². The lowest BCUT2D eigenvalue weighted by Gasteiger charge is -2.28. The molecule has 150 valence electrons. The van der Waals surface area contributed by atoms with Crippen LogP contribution in [-0.4, -0.2) is 23.0 Å². The average molecular weight is 390 g/mol. The highest BCUT2D eigenvalue weighted by molar-refractivity contribution is 6.14. The number of benzene rings is 2. The van der Waals surface area contributed by atoms with Crippen LogP contribution in [0.3, 0.4) is 0 Å². The third-order valence-corrected chi connectivity index (χ3v) is 5.02. The van der Waals surface area contributed by atoms with Gasteiger partial charge in [0, 0.05) is 24.6 Å². The highest BCUT2D eigenvalue weighted by Gasteiger charge is 2.32. The van der Waals surface area contributed by atoms with E-state index in [4.69, 9.17) is 0 Å². The van der Waals surface area contributed by atoms with E-state index in [-0.39, 0.29) is 34.5 Å². The van der Waals surface area contributed by atoms with Gasteiger partial charge in [-0.3, -0.25) is 14.6 Å². The standard InChI is InChI=1S/C24H26N2O3/c1-16(17-7-5-4-6-8-17)26-23(29)18-9-11-19(12-10-18)25-15-20-21(27)13-24(2,3)14-22(20)28/h4-12,15-16,27H,13-14H2,1-3H3,(H,26,29). The zero-order valence-corrected chi connectivity index (χ0v) is 17.0. The number of amides is 1. The van der Waals surface area contributed by atoms with Crippen LogP contribution in [0, 0.1) is 5.41 Å². The molecule has 0 aromatic heterocycles. The molecule has 0 heterocycles. The Kier molecular flexibility index (Phi) is 5.97. The maximum atomic E-state index is 12.5. The summed E-state index contributed by atoms with van der Waals surface area (Å²) in [5.41, 5.74) is 2.21. The molecule has 0 saturated carbocycles. The van der Waals surface area contributed by atoms with E-state index in [1.807, 2.05) is 51.1 Å². The first kappa shape index (κ1) is 20.5.